The molecule has 0 atom stereocenters. The van der Waals surface area contributed by atoms with E-state index in [9.17, 15) is 9.59 Å². The fraction of sp³-hybridized carbons (Fsp3) is 0.312. The Bertz CT molecular complexity index is 683. The highest BCUT2D eigenvalue weighted by molar-refractivity contribution is 5.96. The van der Waals surface area contributed by atoms with Gasteiger partial charge in [0.1, 0.15) is 6.07 Å². The summed E-state index contributed by atoms with van der Waals surface area (Å²) in [5.41, 5.74) is 4.63. The summed E-state index contributed by atoms with van der Waals surface area (Å²) in [6.07, 6.45) is 1.04. The number of amides is 1. The molecule has 0 aromatic heterocycles. The Kier molecular flexibility index (Phi) is 7.59. The molecule has 25 heavy (non-hydrogen) atoms. The number of methoxy groups -OCH3 is 3. The number of nitrogens with one attached hydrogen (secondary N) is 2. The number of hydrazine groups is 1. The molecule has 1 aromatic carbocycles. The van der Waals surface area contributed by atoms with Gasteiger partial charge in [-0.2, -0.15) is 5.26 Å². The van der Waals surface area contributed by atoms with E-state index in [1.54, 1.807) is 13.0 Å². The molecule has 0 aliphatic carbocycles. The second kappa shape index (κ2) is 9.67. The minimum atomic E-state index is -0.792. The predicted molar refractivity (Wildman–Crippen MR) is 87.0 cm³/mol. The highest BCUT2D eigenvalue weighted by Gasteiger charge is 2.17. The number of nitriles is 1. The van der Waals surface area contributed by atoms with Gasteiger partial charge in [0.15, 0.2) is 17.1 Å². The molecular formula is C16H19N3O6. The molecule has 0 aliphatic rings. The molecule has 0 fully saturated rings. The van der Waals surface area contributed by atoms with E-state index in [4.69, 9.17) is 24.2 Å². The minimum Gasteiger partial charge on any atom is -0.493 e. The number of esters is 1. The number of hydrogen-bond acceptors (Lipinski definition) is 8. The largest absolute Gasteiger partial charge is 0.493 e. The van der Waals surface area contributed by atoms with Crippen molar-refractivity contribution in [3.05, 3.63) is 29.5 Å². The van der Waals surface area contributed by atoms with Crippen molar-refractivity contribution < 1.29 is 28.5 Å². The molecule has 134 valence electrons. The van der Waals surface area contributed by atoms with Crippen molar-refractivity contribution in [1.82, 2.24) is 10.9 Å². The van der Waals surface area contributed by atoms with Gasteiger partial charge in [-0.25, -0.2) is 4.79 Å². The maximum atomic E-state index is 12.2. The lowest BCUT2D eigenvalue weighted by molar-refractivity contribution is -0.138. The van der Waals surface area contributed by atoms with E-state index in [1.807, 2.05) is 0 Å². The molecule has 0 saturated carbocycles. The molecule has 0 heterocycles. The van der Waals surface area contributed by atoms with E-state index in [0.29, 0.717) is 17.2 Å². The third kappa shape index (κ3) is 5.04. The maximum Gasteiger partial charge on any atom is 0.350 e. The van der Waals surface area contributed by atoms with Gasteiger partial charge < -0.3 is 24.4 Å². The predicted octanol–water partition coefficient (Wildman–Crippen LogP) is 0.917. The van der Waals surface area contributed by atoms with Crippen molar-refractivity contribution in [1.29, 1.82) is 5.26 Å². The molecule has 1 aromatic rings. The first kappa shape index (κ1) is 19.6. The van der Waals surface area contributed by atoms with E-state index in [1.165, 1.54) is 33.5 Å². The zero-order valence-electron chi connectivity index (χ0n) is 14.3. The van der Waals surface area contributed by atoms with Gasteiger partial charge in [-0.15, -0.1) is 0 Å². The van der Waals surface area contributed by atoms with Gasteiger partial charge in [-0.3, -0.25) is 10.2 Å². The van der Waals surface area contributed by atoms with Crippen molar-refractivity contribution in [2.24, 2.45) is 0 Å². The van der Waals surface area contributed by atoms with Crippen LogP contribution in [0, 0.1) is 11.3 Å². The summed E-state index contributed by atoms with van der Waals surface area (Å²) in [6, 6.07) is 4.58. The van der Waals surface area contributed by atoms with Gasteiger partial charge in [-0.1, -0.05) is 0 Å². The fourth-order valence-electron chi connectivity index (χ4n) is 1.80. The summed E-state index contributed by atoms with van der Waals surface area (Å²) in [5, 5.41) is 8.88. The van der Waals surface area contributed by atoms with Crippen LogP contribution in [0.4, 0.5) is 0 Å². The third-order valence-corrected chi connectivity index (χ3v) is 2.94. The second-order valence-corrected chi connectivity index (χ2v) is 4.40. The van der Waals surface area contributed by atoms with Gasteiger partial charge in [-0.05, 0) is 19.1 Å². The Morgan fingerprint density at radius 1 is 1.16 bits per heavy atom. The van der Waals surface area contributed by atoms with Crippen molar-refractivity contribution in [2.45, 2.75) is 6.92 Å². The van der Waals surface area contributed by atoms with Gasteiger partial charge >= 0.3 is 5.97 Å². The fourth-order valence-corrected chi connectivity index (χ4v) is 1.80. The summed E-state index contributed by atoms with van der Waals surface area (Å²) in [5.74, 6) is -0.363. The number of carbonyl (C=O) groups is 2. The zero-order chi connectivity index (χ0) is 18.8. The Morgan fingerprint density at radius 3 is 2.20 bits per heavy atom. The summed E-state index contributed by atoms with van der Waals surface area (Å²) in [7, 11) is 4.31. The van der Waals surface area contributed by atoms with Crippen LogP contribution in [0.2, 0.25) is 0 Å². The molecule has 1 rings (SSSR count). The van der Waals surface area contributed by atoms with Crippen LogP contribution in [0.5, 0.6) is 17.2 Å². The van der Waals surface area contributed by atoms with Crippen LogP contribution >= 0.6 is 0 Å². The van der Waals surface area contributed by atoms with E-state index in [2.05, 4.69) is 10.9 Å². The molecule has 0 spiro atoms. The lowest BCUT2D eigenvalue weighted by atomic mass is 10.1. The number of rotatable bonds is 8. The topological polar surface area (TPSA) is 119 Å². The monoisotopic (exact) mass is 349 g/mol. The molecule has 2 N–H and O–H groups in total. The summed E-state index contributed by atoms with van der Waals surface area (Å²) >= 11 is 0. The molecule has 9 heteroatoms. The van der Waals surface area contributed by atoms with E-state index >= 15 is 0 Å². The van der Waals surface area contributed by atoms with Crippen LogP contribution in [0.25, 0.3) is 0 Å². The number of nitrogens with zero attached hydrogens (tertiary/aromatic N) is 1. The SMILES string of the molecule is CCOC(=O)/C(C#N)=C/NNC(=O)c1cc(OC)c(OC)c(OC)c1. The van der Waals surface area contributed by atoms with Crippen LogP contribution in [0.15, 0.2) is 23.9 Å². The Morgan fingerprint density at radius 2 is 1.76 bits per heavy atom. The number of hydrogen-bond donors (Lipinski definition) is 2. The van der Waals surface area contributed by atoms with Crippen molar-refractivity contribution in [3.8, 4) is 23.3 Å². The van der Waals surface area contributed by atoms with E-state index in [0.717, 1.165) is 6.20 Å². The minimum absolute atomic E-state index is 0.135. The Labute approximate surface area is 145 Å². The van der Waals surface area contributed by atoms with Crippen LogP contribution < -0.4 is 25.1 Å². The molecule has 0 unspecified atom stereocenters. The first-order chi connectivity index (χ1) is 12.0. The van der Waals surface area contributed by atoms with Gasteiger partial charge in [0, 0.05) is 11.8 Å². The van der Waals surface area contributed by atoms with Crippen LogP contribution in [-0.2, 0) is 9.53 Å². The van der Waals surface area contributed by atoms with E-state index < -0.39 is 11.9 Å². The lowest BCUT2D eigenvalue weighted by Gasteiger charge is -2.14. The van der Waals surface area contributed by atoms with Crippen molar-refractivity contribution in [3.63, 3.8) is 0 Å². The maximum absolute atomic E-state index is 12.2. The first-order valence-corrected chi connectivity index (χ1v) is 7.15. The van der Waals surface area contributed by atoms with Crippen LogP contribution in [0.1, 0.15) is 17.3 Å². The van der Waals surface area contributed by atoms with Gasteiger partial charge in [0.25, 0.3) is 5.91 Å². The second-order valence-electron chi connectivity index (χ2n) is 4.40. The number of carbonyl (C=O) groups excluding carboxylic acids is 2. The highest BCUT2D eigenvalue weighted by atomic mass is 16.5. The molecule has 9 nitrogen and oxygen atoms in total. The molecular weight excluding hydrogens is 330 g/mol. The van der Waals surface area contributed by atoms with Crippen LogP contribution in [0.3, 0.4) is 0 Å². The first-order valence-electron chi connectivity index (χ1n) is 7.15. The Hall–Kier alpha value is -3.41. The Balaban J connectivity index is 2.91. The molecule has 0 aliphatic heterocycles. The highest BCUT2D eigenvalue weighted by Crippen LogP contribution is 2.38. The normalized spacial score (nSPS) is 10.3. The van der Waals surface area contributed by atoms with E-state index in [-0.39, 0.29) is 17.7 Å². The van der Waals surface area contributed by atoms with Gasteiger partial charge in [0.05, 0.1) is 27.9 Å². The smallest absolute Gasteiger partial charge is 0.350 e. The van der Waals surface area contributed by atoms with Gasteiger partial charge in [0.2, 0.25) is 5.75 Å². The molecule has 0 saturated heterocycles. The van der Waals surface area contributed by atoms with Crippen molar-refractivity contribution in [2.75, 3.05) is 27.9 Å². The lowest BCUT2D eigenvalue weighted by Crippen LogP contribution is -2.34. The van der Waals surface area contributed by atoms with Crippen molar-refractivity contribution >= 4 is 11.9 Å². The summed E-state index contributed by atoms with van der Waals surface area (Å²) in [4.78, 5) is 23.6. The summed E-state index contributed by atoms with van der Waals surface area (Å²) < 4.78 is 20.2. The number of benzene rings is 1. The average Bonchev–Trinajstić information content (AvgIpc) is 2.63. The number of ether oxygens (including phenoxy) is 4. The average molecular weight is 349 g/mol. The molecule has 0 radical (unpaired) electrons. The zero-order valence-corrected chi connectivity index (χ0v) is 14.3. The third-order valence-electron chi connectivity index (χ3n) is 2.94. The molecule has 0 bridgehead atoms. The summed E-state index contributed by atoms with van der Waals surface area (Å²) in [6.45, 7) is 1.75. The molecule has 1 amide bonds. The van der Waals surface area contributed by atoms with Crippen LogP contribution in [-0.4, -0.2) is 39.8 Å². The standard InChI is InChI=1S/C16H19N3O6/c1-5-25-16(21)11(8-17)9-18-19-15(20)10-6-12(22-2)14(24-4)13(7-10)23-3/h6-7,9,18H,5H2,1-4H3,(H,19,20)/b11-9+. The quantitative estimate of drug-likeness (QED) is 0.308.